The van der Waals surface area contributed by atoms with Gasteiger partial charge in [0.05, 0.1) is 13.2 Å². The molecule has 0 amide bonds. The summed E-state index contributed by atoms with van der Waals surface area (Å²) in [6.45, 7) is 3.73. The third-order valence-electron chi connectivity index (χ3n) is 8.24. The Morgan fingerprint density at radius 2 is 0.935 bits per heavy atom. The quantitative estimate of drug-likeness (QED) is 0.0377. The van der Waals surface area contributed by atoms with Crippen LogP contribution in [-0.4, -0.2) is 49.3 Å². The van der Waals surface area contributed by atoms with Gasteiger partial charge in [0.1, 0.15) is 6.61 Å². The molecule has 0 saturated carbocycles. The summed E-state index contributed by atoms with van der Waals surface area (Å²) in [4.78, 5) is 34.6. The maximum Gasteiger partial charge on any atom is 0.472 e. The monoisotopic (exact) mass is 677 g/mol. The number of carbonyl (C=O) groups is 2. The molecule has 2 atom stereocenters. The summed E-state index contributed by atoms with van der Waals surface area (Å²) in [5.74, 6) is -0.819. The average Bonchev–Trinajstić information content (AvgIpc) is 3.04. The van der Waals surface area contributed by atoms with Crippen LogP contribution in [-0.2, 0) is 32.7 Å². The van der Waals surface area contributed by atoms with E-state index in [1.54, 1.807) is 0 Å². The van der Waals surface area contributed by atoms with Gasteiger partial charge in [-0.2, -0.15) is 0 Å². The Morgan fingerprint density at radius 1 is 0.565 bits per heavy atom. The number of phosphoric acid groups is 1. The van der Waals surface area contributed by atoms with Crippen LogP contribution in [0.3, 0.4) is 0 Å². The molecule has 0 aliphatic heterocycles. The van der Waals surface area contributed by atoms with Gasteiger partial charge in [-0.15, -0.1) is 0 Å². The minimum atomic E-state index is -4.36. The first-order chi connectivity index (χ1) is 22.3. The lowest BCUT2D eigenvalue weighted by atomic mass is 10.0. The average molecular weight is 678 g/mol. The number of ether oxygens (including phenoxy) is 2. The minimum absolute atomic E-state index is 0.0577. The summed E-state index contributed by atoms with van der Waals surface area (Å²) in [7, 11) is -4.36. The predicted molar refractivity (Wildman–Crippen MR) is 188 cm³/mol. The summed E-state index contributed by atoms with van der Waals surface area (Å²) < 4.78 is 32.6. The van der Waals surface area contributed by atoms with Crippen LogP contribution < -0.4 is 5.73 Å². The molecule has 0 fully saturated rings. The molecule has 0 aliphatic carbocycles. The lowest BCUT2D eigenvalue weighted by molar-refractivity contribution is -0.161. The third-order valence-corrected chi connectivity index (χ3v) is 9.23. The minimum Gasteiger partial charge on any atom is -0.462 e. The maximum atomic E-state index is 12.5. The van der Waals surface area contributed by atoms with Crippen molar-refractivity contribution in [2.24, 2.45) is 5.73 Å². The molecule has 46 heavy (non-hydrogen) atoms. The summed E-state index contributed by atoms with van der Waals surface area (Å²) in [6, 6.07) is 0. The van der Waals surface area contributed by atoms with Gasteiger partial charge in [-0.05, 0) is 12.8 Å². The summed E-state index contributed by atoms with van der Waals surface area (Å²) in [6.07, 6.45) is 29.8. The zero-order chi connectivity index (χ0) is 34.0. The number of unbranched alkanes of at least 4 members (excludes halogenated alkanes) is 23. The first-order valence-electron chi connectivity index (χ1n) is 19.0. The van der Waals surface area contributed by atoms with E-state index < -0.39 is 26.5 Å². The summed E-state index contributed by atoms with van der Waals surface area (Å²) in [5.41, 5.74) is 5.33. The molecule has 0 spiro atoms. The molecule has 0 aromatic heterocycles. The Labute approximate surface area is 282 Å². The van der Waals surface area contributed by atoms with Crippen molar-refractivity contribution >= 4 is 19.8 Å². The van der Waals surface area contributed by atoms with Crippen LogP contribution in [0.4, 0.5) is 0 Å². The molecule has 0 rings (SSSR count). The van der Waals surface area contributed by atoms with Gasteiger partial charge in [-0.1, -0.05) is 162 Å². The van der Waals surface area contributed by atoms with Crippen LogP contribution in [0, 0.1) is 0 Å². The first-order valence-corrected chi connectivity index (χ1v) is 20.5. The van der Waals surface area contributed by atoms with Crippen molar-refractivity contribution in [3.8, 4) is 0 Å². The van der Waals surface area contributed by atoms with Crippen molar-refractivity contribution < 1.29 is 37.6 Å². The molecular weight excluding hydrogens is 605 g/mol. The van der Waals surface area contributed by atoms with Gasteiger partial charge >= 0.3 is 19.8 Å². The van der Waals surface area contributed by atoms with Crippen molar-refractivity contribution in [3.05, 3.63) is 0 Å². The molecule has 0 saturated heterocycles. The molecule has 10 heteroatoms. The highest BCUT2D eigenvalue weighted by atomic mass is 31.2. The largest absolute Gasteiger partial charge is 0.472 e. The molecular formula is C36H72NO8P. The van der Waals surface area contributed by atoms with Crippen LogP contribution in [0.1, 0.15) is 187 Å². The van der Waals surface area contributed by atoms with Crippen LogP contribution in [0.5, 0.6) is 0 Å². The Hall–Kier alpha value is -0.990. The van der Waals surface area contributed by atoms with Gasteiger partial charge in [0, 0.05) is 19.4 Å². The fourth-order valence-corrected chi connectivity index (χ4v) is 6.16. The number of hydrogen-bond acceptors (Lipinski definition) is 8. The van der Waals surface area contributed by atoms with E-state index in [-0.39, 0.29) is 38.6 Å². The van der Waals surface area contributed by atoms with Crippen LogP contribution >= 0.6 is 7.82 Å². The van der Waals surface area contributed by atoms with Crippen molar-refractivity contribution in [1.29, 1.82) is 0 Å². The Balaban J connectivity index is 4.19. The van der Waals surface area contributed by atoms with Crippen molar-refractivity contribution in [2.45, 2.75) is 193 Å². The topological polar surface area (TPSA) is 134 Å². The lowest BCUT2D eigenvalue weighted by Crippen LogP contribution is -2.29. The third kappa shape index (κ3) is 32.9. The Bertz CT molecular complexity index is 739. The van der Waals surface area contributed by atoms with Gasteiger partial charge < -0.3 is 20.1 Å². The highest BCUT2D eigenvalue weighted by Gasteiger charge is 2.25. The molecule has 0 aliphatic rings. The van der Waals surface area contributed by atoms with E-state index in [0.29, 0.717) is 6.42 Å². The normalized spacial score (nSPS) is 13.4. The fraction of sp³-hybridized carbons (Fsp3) is 0.944. The zero-order valence-electron chi connectivity index (χ0n) is 29.8. The molecule has 0 radical (unpaired) electrons. The predicted octanol–water partition coefficient (Wildman–Crippen LogP) is 10.1. The number of phosphoric ester groups is 1. The van der Waals surface area contributed by atoms with Gasteiger partial charge in [0.25, 0.3) is 0 Å². The fourth-order valence-electron chi connectivity index (χ4n) is 5.40. The van der Waals surface area contributed by atoms with Crippen LogP contribution in [0.2, 0.25) is 0 Å². The molecule has 0 aromatic carbocycles. The van der Waals surface area contributed by atoms with E-state index in [1.807, 2.05) is 0 Å². The summed E-state index contributed by atoms with van der Waals surface area (Å²) >= 11 is 0. The van der Waals surface area contributed by atoms with E-state index in [4.69, 9.17) is 24.3 Å². The maximum absolute atomic E-state index is 12.5. The molecule has 0 bridgehead atoms. The van der Waals surface area contributed by atoms with Crippen molar-refractivity contribution in [2.75, 3.05) is 26.4 Å². The van der Waals surface area contributed by atoms with E-state index in [9.17, 15) is 19.0 Å². The summed E-state index contributed by atoms with van der Waals surface area (Å²) in [5, 5.41) is 0. The van der Waals surface area contributed by atoms with Crippen molar-refractivity contribution in [3.63, 3.8) is 0 Å². The smallest absolute Gasteiger partial charge is 0.462 e. The first kappa shape index (κ1) is 45.0. The zero-order valence-corrected chi connectivity index (χ0v) is 30.7. The molecule has 0 aromatic rings. The second-order valence-corrected chi connectivity index (χ2v) is 14.3. The van der Waals surface area contributed by atoms with E-state index in [1.165, 1.54) is 122 Å². The van der Waals surface area contributed by atoms with Crippen LogP contribution in [0.15, 0.2) is 0 Å². The second-order valence-electron chi connectivity index (χ2n) is 12.8. The van der Waals surface area contributed by atoms with Gasteiger partial charge in [-0.3, -0.25) is 18.6 Å². The van der Waals surface area contributed by atoms with Crippen molar-refractivity contribution in [1.82, 2.24) is 0 Å². The molecule has 0 heterocycles. The number of carbonyl (C=O) groups excluding carboxylic acids is 2. The van der Waals surface area contributed by atoms with Gasteiger partial charge in [0.2, 0.25) is 0 Å². The number of nitrogens with two attached hydrogens (primary N) is 1. The molecule has 274 valence electrons. The Morgan fingerprint density at radius 3 is 1.33 bits per heavy atom. The highest BCUT2D eigenvalue weighted by Crippen LogP contribution is 2.43. The van der Waals surface area contributed by atoms with Crippen LogP contribution in [0.25, 0.3) is 0 Å². The van der Waals surface area contributed by atoms with Gasteiger partial charge in [0.15, 0.2) is 6.10 Å². The SMILES string of the molecule is CCCCCCCCCCCCCCCCC(=O)OC(COC(=O)CCCCCCCCCCCCC)COP(=O)(O)OCCN. The number of esters is 2. The number of hydrogen-bond donors (Lipinski definition) is 2. The number of rotatable bonds is 36. The van der Waals surface area contributed by atoms with Gasteiger partial charge in [-0.25, -0.2) is 4.57 Å². The molecule has 2 unspecified atom stereocenters. The van der Waals surface area contributed by atoms with E-state index >= 15 is 0 Å². The lowest BCUT2D eigenvalue weighted by Gasteiger charge is -2.19. The standard InChI is InChI=1S/C36H72NO8P/c1-3-5-7-9-11-13-15-16-17-19-21-23-25-27-29-36(39)45-34(33-44-46(40,41)43-31-30-37)32-42-35(38)28-26-24-22-20-18-14-12-10-8-6-4-2/h34H,3-33,37H2,1-2H3,(H,40,41). The highest BCUT2D eigenvalue weighted by molar-refractivity contribution is 7.47. The van der Waals surface area contributed by atoms with E-state index in [0.717, 1.165) is 32.1 Å². The van der Waals surface area contributed by atoms with E-state index in [2.05, 4.69) is 13.8 Å². The second kappa shape index (κ2) is 33.9. The molecule has 9 nitrogen and oxygen atoms in total. The molecule has 3 N–H and O–H groups in total. The Kier molecular flexibility index (Phi) is 33.2.